The minimum Gasteiger partial charge on any atom is -0.550 e. The Labute approximate surface area is 244 Å². The van der Waals surface area contributed by atoms with Crippen LogP contribution in [0, 0.1) is 0 Å². The van der Waals surface area contributed by atoms with Gasteiger partial charge in [0.25, 0.3) is 11.8 Å². The number of aromatic nitrogens is 4. The Balaban J connectivity index is 1.56. The zero-order valence-electron chi connectivity index (χ0n) is 22.9. The molecule has 4 atom stereocenters. The number of amides is 2. The second-order valence-electron chi connectivity index (χ2n) is 10.6. The van der Waals surface area contributed by atoms with Crippen molar-refractivity contribution < 1.29 is 38.6 Å². The van der Waals surface area contributed by atoms with Gasteiger partial charge in [-0.15, -0.1) is 16.9 Å². The number of aliphatic hydroxyl groups is 1. The van der Waals surface area contributed by atoms with E-state index < -0.39 is 53.8 Å². The highest BCUT2D eigenvalue weighted by molar-refractivity contribution is 8.01. The zero-order valence-corrected chi connectivity index (χ0v) is 24.6. The summed E-state index contributed by atoms with van der Waals surface area (Å²) in [5.74, 6) is -2.92. The number of β-lactam (4-membered cyclic amide) rings is 1. The lowest BCUT2D eigenvalue weighted by molar-refractivity contribution is -0.873. The normalized spacial score (nSPS) is 20.1. The standard InChI is InChI=1S/C25H31N7O7S2/c1-30-25(27-28-29-30)41-13-15-12-40-23-18(26-21(36)20(35)14-8-6-5-7-9-14)22(37)31(23)19(15)24(38)39-16(10-17(33)34)11-32(2,3)4/h5-9,16,18,20,23,35H,10-13H2,1-4H3,(H-,26,33,34,36)/t16?,18-,20-,23-/m1/s1. The van der Waals surface area contributed by atoms with E-state index in [1.165, 1.54) is 33.1 Å². The molecule has 2 aliphatic rings. The molecular formula is C25H31N7O7S2. The van der Waals surface area contributed by atoms with E-state index in [0.717, 1.165) is 0 Å². The number of carboxylic acid groups (broad SMARTS) is 1. The van der Waals surface area contributed by atoms with Gasteiger partial charge in [-0.05, 0) is 21.6 Å². The first-order valence-electron chi connectivity index (χ1n) is 12.6. The molecule has 0 aliphatic carbocycles. The second kappa shape index (κ2) is 12.6. The van der Waals surface area contributed by atoms with Gasteiger partial charge in [-0.1, -0.05) is 42.1 Å². The number of aryl methyl sites for hydroxylation is 1. The van der Waals surface area contributed by atoms with Crippen LogP contribution in [0.3, 0.4) is 0 Å². The van der Waals surface area contributed by atoms with Crippen LogP contribution in [0.25, 0.3) is 0 Å². The number of fused-ring (bicyclic) bond motifs is 1. The first-order valence-corrected chi connectivity index (χ1v) is 14.7. The van der Waals surface area contributed by atoms with E-state index in [0.29, 0.717) is 26.5 Å². The Morgan fingerprint density at radius 2 is 1.98 bits per heavy atom. The molecule has 220 valence electrons. The number of nitrogens with zero attached hydrogens (tertiary/aromatic N) is 6. The van der Waals surface area contributed by atoms with E-state index in [9.17, 15) is 29.4 Å². The number of carboxylic acids is 1. The largest absolute Gasteiger partial charge is 0.550 e. The van der Waals surface area contributed by atoms with E-state index in [1.54, 1.807) is 37.4 Å². The van der Waals surface area contributed by atoms with Gasteiger partial charge in [-0.25, -0.2) is 9.48 Å². The summed E-state index contributed by atoms with van der Waals surface area (Å²) in [5.41, 5.74) is 0.951. The van der Waals surface area contributed by atoms with Gasteiger partial charge in [0.1, 0.15) is 23.7 Å². The molecule has 0 spiro atoms. The van der Waals surface area contributed by atoms with Crippen molar-refractivity contribution in [3.63, 3.8) is 0 Å². The van der Waals surface area contributed by atoms with Crippen LogP contribution in [0.15, 0.2) is 46.8 Å². The predicted molar refractivity (Wildman–Crippen MR) is 145 cm³/mol. The van der Waals surface area contributed by atoms with E-state index in [1.807, 2.05) is 21.1 Å². The van der Waals surface area contributed by atoms with Gasteiger partial charge in [-0.2, -0.15) is 0 Å². The molecule has 0 bridgehead atoms. The van der Waals surface area contributed by atoms with Gasteiger partial charge in [0, 0.05) is 30.9 Å². The number of aliphatic carboxylic acids is 1. The van der Waals surface area contributed by atoms with Gasteiger partial charge in [0.2, 0.25) is 5.16 Å². The van der Waals surface area contributed by atoms with Gasteiger partial charge < -0.3 is 29.5 Å². The summed E-state index contributed by atoms with van der Waals surface area (Å²) in [5, 5.41) is 35.7. The molecule has 0 saturated carbocycles. The number of carbonyl (C=O) groups excluding carboxylic acids is 4. The number of tetrazole rings is 1. The molecule has 0 radical (unpaired) electrons. The third kappa shape index (κ3) is 7.25. The number of nitrogens with one attached hydrogen (secondary N) is 1. The zero-order chi connectivity index (χ0) is 29.9. The second-order valence-corrected chi connectivity index (χ2v) is 12.7. The van der Waals surface area contributed by atoms with Crippen molar-refractivity contribution in [1.82, 2.24) is 30.4 Å². The molecule has 1 aromatic carbocycles. The Hall–Kier alpha value is -3.47. The molecule has 16 heteroatoms. The van der Waals surface area contributed by atoms with Gasteiger partial charge in [-0.3, -0.25) is 14.5 Å². The maximum atomic E-state index is 13.6. The van der Waals surface area contributed by atoms with Crippen molar-refractivity contribution in [2.24, 2.45) is 7.05 Å². The monoisotopic (exact) mass is 605 g/mol. The van der Waals surface area contributed by atoms with E-state index >= 15 is 0 Å². The number of carbonyl (C=O) groups is 4. The van der Waals surface area contributed by atoms with E-state index in [2.05, 4.69) is 20.8 Å². The molecule has 4 rings (SSSR count). The van der Waals surface area contributed by atoms with Crippen LogP contribution in [0.1, 0.15) is 18.1 Å². The number of hydrogen-bond donors (Lipinski definition) is 2. The van der Waals surface area contributed by atoms with Crippen LogP contribution < -0.4 is 10.4 Å². The number of quaternary nitrogens is 1. The Kier molecular flexibility index (Phi) is 9.36. The number of thioether (sulfide) groups is 2. The minimum absolute atomic E-state index is 0.000224. The molecule has 3 heterocycles. The first kappa shape index (κ1) is 30.5. The number of rotatable bonds is 12. The summed E-state index contributed by atoms with van der Waals surface area (Å²) in [6.07, 6.45) is -2.98. The number of benzene rings is 1. The average Bonchev–Trinajstić information content (AvgIpc) is 3.32. The topological polar surface area (TPSA) is 180 Å². The van der Waals surface area contributed by atoms with E-state index in [4.69, 9.17) is 4.74 Å². The van der Waals surface area contributed by atoms with Crippen LogP contribution in [-0.2, 0) is 31.0 Å². The van der Waals surface area contributed by atoms with Crippen molar-refractivity contribution >= 4 is 47.3 Å². The third-order valence-electron chi connectivity index (χ3n) is 6.28. The predicted octanol–water partition coefficient (Wildman–Crippen LogP) is -1.55. The van der Waals surface area contributed by atoms with E-state index in [-0.39, 0.29) is 18.0 Å². The Bertz CT molecular complexity index is 1350. The molecule has 1 saturated heterocycles. The fraction of sp³-hybridized carbons (Fsp3) is 0.480. The van der Waals surface area contributed by atoms with Crippen LogP contribution in [-0.4, -0.2) is 115 Å². The van der Waals surface area contributed by atoms with Crippen LogP contribution in [0.4, 0.5) is 0 Å². The molecule has 1 unspecified atom stereocenters. The van der Waals surface area contributed by atoms with Crippen LogP contribution in [0.5, 0.6) is 0 Å². The lowest BCUT2D eigenvalue weighted by atomic mass is 10.0. The molecule has 14 nitrogen and oxygen atoms in total. The van der Waals surface area contributed by atoms with Gasteiger partial charge in [0.05, 0.1) is 21.1 Å². The molecule has 2 aromatic rings. The third-order valence-corrected chi connectivity index (χ3v) is 8.71. The number of ether oxygens (including phenoxy) is 1. The summed E-state index contributed by atoms with van der Waals surface area (Å²) in [6, 6.07) is 7.34. The molecule has 1 aromatic heterocycles. The molecule has 2 aliphatic heterocycles. The maximum absolute atomic E-state index is 13.6. The minimum atomic E-state index is -1.47. The lowest BCUT2D eigenvalue weighted by Gasteiger charge is -2.50. The van der Waals surface area contributed by atoms with Crippen molar-refractivity contribution in [3.05, 3.63) is 47.2 Å². The van der Waals surface area contributed by atoms with Gasteiger partial charge >= 0.3 is 5.97 Å². The summed E-state index contributed by atoms with van der Waals surface area (Å²) in [4.78, 5) is 52.4. The summed E-state index contributed by atoms with van der Waals surface area (Å²) in [7, 11) is 7.16. The smallest absolute Gasteiger partial charge is 0.355 e. The SMILES string of the molecule is Cn1nnnc1SCC1=C(C(=O)OC(CC(=O)[O-])C[N+](C)(C)C)N2C(=O)[C@@H](NC(=O)[C@H](O)c3ccccc3)[C@H]2SC1. The van der Waals surface area contributed by atoms with Crippen molar-refractivity contribution in [2.45, 2.75) is 35.2 Å². The van der Waals surface area contributed by atoms with Crippen molar-refractivity contribution in [1.29, 1.82) is 0 Å². The number of likely N-dealkylation sites (N-methyl/N-ethyl adjacent to an activating group) is 1. The highest BCUT2D eigenvalue weighted by atomic mass is 32.2. The average molecular weight is 606 g/mol. The maximum Gasteiger partial charge on any atom is 0.355 e. The molecule has 2 amide bonds. The quantitative estimate of drug-likeness (QED) is 0.123. The highest BCUT2D eigenvalue weighted by Crippen LogP contribution is 2.42. The van der Waals surface area contributed by atoms with Crippen molar-refractivity contribution in [3.8, 4) is 0 Å². The lowest BCUT2D eigenvalue weighted by Crippen LogP contribution is -2.71. The first-order chi connectivity index (χ1) is 19.4. The molecule has 41 heavy (non-hydrogen) atoms. The highest BCUT2D eigenvalue weighted by Gasteiger charge is 2.55. The fourth-order valence-electron chi connectivity index (χ4n) is 4.44. The number of hydrogen-bond acceptors (Lipinski definition) is 12. The van der Waals surface area contributed by atoms with Crippen molar-refractivity contribution in [2.75, 3.05) is 39.2 Å². The Morgan fingerprint density at radius 1 is 1.27 bits per heavy atom. The number of aliphatic hydroxyl groups excluding tert-OH is 1. The number of esters is 1. The summed E-state index contributed by atoms with van der Waals surface area (Å²) < 4.78 is 7.46. The Morgan fingerprint density at radius 3 is 2.59 bits per heavy atom. The molecular weight excluding hydrogens is 574 g/mol. The fourth-order valence-corrected chi connectivity index (χ4v) is 6.78. The van der Waals surface area contributed by atoms with Crippen LogP contribution >= 0.6 is 23.5 Å². The molecule has 1 fully saturated rings. The summed E-state index contributed by atoms with van der Waals surface area (Å²) in [6.45, 7) is 0.198. The van der Waals surface area contributed by atoms with Crippen LogP contribution in [0.2, 0.25) is 0 Å². The molecule has 2 N–H and O–H groups in total. The summed E-state index contributed by atoms with van der Waals surface area (Å²) >= 11 is 2.61. The van der Waals surface area contributed by atoms with Gasteiger partial charge in [0.15, 0.2) is 12.2 Å².